The smallest absolute Gasteiger partial charge is 0.212 e. The highest BCUT2D eigenvalue weighted by Gasteiger charge is 2.48. The van der Waals surface area contributed by atoms with Crippen LogP contribution in [0.1, 0.15) is 25.3 Å². The average molecular weight is 191 g/mol. The number of hydrogen-bond donors (Lipinski definition) is 0. The number of nitrogens with zero attached hydrogens (tertiary/aromatic N) is 1. The van der Waals surface area contributed by atoms with Crippen LogP contribution in [0.2, 0.25) is 0 Å². The van der Waals surface area contributed by atoms with Crippen molar-refractivity contribution in [3.05, 3.63) is 23.9 Å². The van der Waals surface area contributed by atoms with Crippen LogP contribution in [0.3, 0.4) is 0 Å². The summed E-state index contributed by atoms with van der Waals surface area (Å²) in [6, 6.07) is 3.73. The monoisotopic (exact) mass is 191 g/mol. The van der Waals surface area contributed by atoms with Gasteiger partial charge in [0.2, 0.25) is 5.88 Å². The van der Waals surface area contributed by atoms with E-state index in [2.05, 4.69) is 4.98 Å². The number of aromatic nitrogens is 1. The van der Waals surface area contributed by atoms with Gasteiger partial charge < -0.3 is 4.74 Å². The number of ether oxygens (including phenoxy) is 1. The second kappa shape index (κ2) is 3.08. The summed E-state index contributed by atoms with van der Waals surface area (Å²) in [6.07, 6.45) is 3.65. The van der Waals surface area contributed by atoms with Crippen LogP contribution in [0.25, 0.3) is 0 Å². The number of rotatable bonds is 3. The molecule has 3 heteroatoms. The van der Waals surface area contributed by atoms with Crippen molar-refractivity contribution in [3.8, 4) is 5.88 Å². The lowest BCUT2D eigenvalue weighted by Crippen LogP contribution is -2.16. The van der Waals surface area contributed by atoms with Crippen molar-refractivity contribution in [2.24, 2.45) is 0 Å². The number of Topliss-reactive ketones (excluding diaryl/α,β-unsaturated/α-hetero) is 1. The number of carbonyl (C=O) groups excluding carboxylic acids is 1. The normalized spacial score (nSPS) is 17.6. The Morgan fingerprint density at radius 2 is 2.21 bits per heavy atom. The van der Waals surface area contributed by atoms with Crippen molar-refractivity contribution in [2.45, 2.75) is 25.2 Å². The van der Waals surface area contributed by atoms with Crippen molar-refractivity contribution in [2.75, 3.05) is 7.11 Å². The molecule has 1 aliphatic carbocycles. The third-order valence-corrected chi connectivity index (χ3v) is 2.92. The number of ketones is 1. The maximum Gasteiger partial charge on any atom is 0.212 e. The van der Waals surface area contributed by atoms with Crippen LogP contribution in [0, 0.1) is 0 Å². The fraction of sp³-hybridized carbons (Fsp3) is 0.455. The van der Waals surface area contributed by atoms with Gasteiger partial charge in [0, 0.05) is 12.3 Å². The number of pyridine rings is 1. The summed E-state index contributed by atoms with van der Waals surface area (Å²) in [5.74, 6) is 0.831. The van der Waals surface area contributed by atoms with Gasteiger partial charge in [-0.25, -0.2) is 4.98 Å². The summed E-state index contributed by atoms with van der Waals surface area (Å²) < 4.78 is 4.97. The number of carbonyl (C=O) groups is 1. The van der Waals surface area contributed by atoms with Gasteiger partial charge >= 0.3 is 0 Å². The van der Waals surface area contributed by atoms with E-state index in [0.717, 1.165) is 18.4 Å². The molecule has 1 saturated carbocycles. The molecule has 0 aromatic carbocycles. The molecular weight excluding hydrogens is 178 g/mol. The molecule has 0 saturated heterocycles. The van der Waals surface area contributed by atoms with E-state index in [1.165, 1.54) is 0 Å². The van der Waals surface area contributed by atoms with Crippen LogP contribution in [-0.4, -0.2) is 17.9 Å². The van der Waals surface area contributed by atoms with Crippen molar-refractivity contribution < 1.29 is 9.53 Å². The first kappa shape index (κ1) is 9.19. The molecular formula is C11H13NO2. The molecule has 1 heterocycles. The molecule has 74 valence electrons. The summed E-state index contributed by atoms with van der Waals surface area (Å²) in [4.78, 5) is 15.5. The average Bonchev–Trinajstić information content (AvgIpc) is 2.99. The Bertz CT molecular complexity index is 352. The van der Waals surface area contributed by atoms with Gasteiger partial charge in [0.05, 0.1) is 12.5 Å². The molecule has 1 fully saturated rings. The maximum atomic E-state index is 11.4. The van der Waals surface area contributed by atoms with E-state index < -0.39 is 0 Å². The first-order valence-corrected chi connectivity index (χ1v) is 4.70. The quantitative estimate of drug-likeness (QED) is 0.730. The summed E-state index contributed by atoms with van der Waals surface area (Å²) in [7, 11) is 1.58. The zero-order valence-corrected chi connectivity index (χ0v) is 8.41. The van der Waals surface area contributed by atoms with Gasteiger partial charge in [-0.3, -0.25) is 4.79 Å². The second-order valence-electron chi connectivity index (χ2n) is 3.73. The zero-order valence-electron chi connectivity index (χ0n) is 8.41. The summed E-state index contributed by atoms with van der Waals surface area (Å²) in [5, 5.41) is 0. The van der Waals surface area contributed by atoms with Gasteiger partial charge in [-0.05, 0) is 25.3 Å². The molecule has 1 aromatic heterocycles. The van der Waals surface area contributed by atoms with Crippen LogP contribution >= 0.6 is 0 Å². The van der Waals surface area contributed by atoms with E-state index in [0.29, 0.717) is 5.88 Å². The van der Waals surface area contributed by atoms with Crippen molar-refractivity contribution >= 4 is 5.78 Å². The van der Waals surface area contributed by atoms with Gasteiger partial charge in [0.15, 0.2) is 0 Å². The third-order valence-electron chi connectivity index (χ3n) is 2.92. The molecule has 0 radical (unpaired) electrons. The van der Waals surface area contributed by atoms with E-state index in [1.807, 2.05) is 6.07 Å². The van der Waals surface area contributed by atoms with Crippen molar-refractivity contribution in [3.63, 3.8) is 0 Å². The third kappa shape index (κ3) is 1.29. The Balaban J connectivity index is 2.29. The van der Waals surface area contributed by atoms with Crippen molar-refractivity contribution in [1.29, 1.82) is 0 Å². The molecule has 3 nitrogen and oxygen atoms in total. The number of hydrogen-bond acceptors (Lipinski definition) is 3. The molecule has 14 heavy (non-hydrogen) atoms. The lowest BCUT2D eigenvalue weighted by atomic mass is 9.94. The highest BCUT2D eigenvalue weighted by Crippen LogP contribution is 2.48. The van der Waals surface area contributed by atoms with Crippen LogP contribution in [0.15, 0.2) is 18.3 Å². The highest BCUT2D eigenvalue weighted by atomic mass is 16.5. The van der Waals surface area contributed by atoms with E-state index in [1.54, 1.807) is 26.3 Å². The van der Waals surface area contributed by atoms with Crippen molar-refractivity contribution in [1.82, 2.24) is 4.98 Å². The standard InChI is InChI=1S/C11H13NO2/c1-8(13)11(5-6-11)9-3-4-10(14-2)12-7-9/h3-4,7H,5-6H2,1-2H3. The Kier molecular flexibility index (Phi) is 2.02. The van der Waals surface area contributed by atoms with Gasteiger partial charge in [0.1, 0.15) is 5.78 Å². The van der Waals surface area contributed by atoms with Crippen LogP contribution < -0.4 is 4.74 Å². The maximum absolute atomic E-state index is 11.4. The zero-order chi connectivity index (χ0) is 10.2. The highest BCUT2D eigenvalue weighted by molar-refractivity contribution is 5.90. The molecule has 1 aromatic rings. The second-order valence-corrected chi connectivity index (χ2v) is 3.73. The first-order chi connectivity index (χ1) is 6.69. The lowest BCUT2D eigenvalue weighted by molar-refractivity contribution is -0.119. The lowest BCUT2D eigenvalue weighted by Gasteiger charge is -2.11. The first-order valence-electron chi connectivity index (χ1n) is 4.70. The summed E-state index contributed by atoms with van der Waals surface area (Å²) in [6.45, 7) is 1.65. The number of methoxy groups -OCH3 is 1. The van der Waals surface area contributed by atoms with Crippen LogP contribution in [0.4, 0.5) is 0 Å². The minimum atomic E-state index is -0.223. The van der Waals surface area contributed by atoms with E-state index in [9.17, 15) is 4.79 Å². The minimum Gasteiger partial charge on any atom is -0.481 e. The van der Waals surface area contributed by atoms with Gasteiger partial charge in [-0.1, -0.05) is 6.07 Å². The molecule has 0 bridgehead atoms. The Hall–Kier alpha value is -1.38. The molecule has 0 aliphatic heterocycles. The van der Waals surface area contributed by atoms with Gasteiger partial charge in [-0.15, -0.1) is 0 Å². The van der Waals surface area contributed by atoms with Gasteiger partial charge in [0.25, 0.3) is 0 Å². The molecule has 0 amide bonds. The minimum absolute atomic E-state index is 0.223. The fourth-order valence-corrected chi connectivity index (χ4v) is 1.75. The van der Waals surface area contributed by atoms with E-state index in [-0.39, 0.29) is 11.2 Å². The summed E-state index contributed by atoms with van der Waals surface area (Å²) in [5.41, 5.74) is 0.796. The Labute approximate surface area is 83.1 Å². The van der Waals surface area contributed by atoms with Crippen LogP contribution in [0.5, 0.6) is 5.88 Å². The predicted molar refractivity (Wildman–Crippen MR) is 52.4 cm³/mol. The molecule has 0 N–H and O–H groups in total. The molecule has 0 atom stereocenters. The largest absolute Gasteiger partial charge is 0.481 e. The molecule has 1 aliphatic rings. The van der Waals surface area contributed by atoms with E-state index in [4.69, 9.17) is 4.74 Å². The SMILES string of the molecule is COc1ccc(C2(C(C)=O)CC2)cn1. The molecule has 0 spiro atoms. The van der Waals surface area contributed by atoms with Crippen LogP contribution in [-0.2, 0) is 10.2 Å². The summed E-state index contributed by atoms with van der Waals surface area (Å²) >= 11 is 0. The molecule has 2 rings (SSSR count). The van der Waals surface area contributed by atoms with E-state index >= 15 is 0 Å². The Morgan fingerprint density at radius 1 is 1.50 bits per heavy atom. The fourth-order valence-electron chi connectivity index (χ4n) is 1.75. The molecule has 0 unspecified atom stereocenters. The topological polar surface area (TPSA) is 39.2 Å². The predicted octanol–water partition coefficient (Wildman–Crippen LogP) is 1.71. The Morgan fingerprint density at radius 3 is 2.57 bits per heavy atom. The van der Waals surface area contributed by atoms with Gasteiger partial charge in [-0.2, -0.15) is 0 Å².